The van der Waals surface area contributed by atoms with Crippen molar-refractivity contribution in [3.63, 3.8) is 0 Å². The molecular weight excluding hydrogens is 350 g/mol. The molecule has 7 heteroatoms. The van der Waals surface area contributed by atoms with Crippen molar-refractivity contribution in [3.8, 4) is 11.5 Å². The summed E-state index contributed by atoms with van der Waals surface area (Å²) in [4.78, 5) is 21.0. The van der Waals surface area contributed by atoms with Gasteiger partial charge in [0, 0.05) is 22.7 Å². The Kier molecular flexibility index (Phi) is 4.36. The maximum Gasteiger partial charge on any atom is 0.311 e. The second-order valence-electron chi connectivity index (χ2n) is 3.78. The SMILES string of the molecule is O=Cc1ccc(Oc2cc(Cl)ccc2[N+](=O)[O-])c(Br)c1. The molecule has 0 saturated carbocycles. The summed E-state index contributed by atoms with van der Waals surface area (Å²) in [7, 11) is 0. The van der Waals surface area contributed by atoms with Crippen LogP contribution in [-0.4, -0.2) is 11.2 Å². The number of halogens is 2. The molecule has 0 atom stereocenters. The van der Waals surface area contributed by atoms with Crippen molar-refractivity contribution in [1.29, 1.82) is 0 Å². The maximum absolute atomic E-state index is 10.9. The van der Waals surface area contributed by atoms with Crippen LogP contribution in [0.1, 0.15) is 10.4 Å². The van der Waals surface area contributed by atoms with Gasteiger partial charge in [0.2, 0.25) is 5.75 Å². The van der Waals surface area contributed by atoms with Crippen molar-refractivity contribution < 1.29 is 14.5 Å². The molecular formula is C13H7BrClNO4. The van der Waals surface area contributed by atoms with Crippen LogP contribution in [0.15, 0.2) is 40.9 Å². The Morgan fingerprint density at radius 2 is 1.95 bits per heavy atom. The van der Waals surface area contributed by atoms with Gasteiger partial charge in [-0.15, -0.1) is 0 Å². The van der Waals surface area contributed by atoms with Crippen molar-refractivity contribution in [2.45, 2.75) is 0 Å². The first kappa shape index (κ1) is 14.5. The van der Waals surface area contributed by atoms with E-state index in [1.54, 1.807) is 18.2 Å². The molecule has 2 aromatic rings. The lowest BCUT2D eigenvalue weighted by atomic mass is 10.2. The standard InChI is InChI=1S/C13H7BrClNO4/c14-10-5-8(7-17)1-4-12(10)20-13-6-9(15)2-3-11(13)16(18)19/h1-7H. The molecule has 0 unspecified atom stereocenters. The highest BCUT2D eigenvalue weighted by atomic mass is 79.9. The minimum atomic E-state index is -0.556. The van der Waals surface area contributed by atoms with E-state index < -0.39 is 4.92 Å². The smallest absolute Gasteiger partial charge is 0.311 e. The van der Waals surface area contributed by atoms with E-state index in [2.05, 4.69) is 15.9 Å². The summed E-state index contributed by atoms with van der Waals surface area (Å²) in [5.74, 6) is 0.378. The summed E-state index contributed by atoms with van der Waals surface area (Å²) in [6.07, 6.45) is 0.691. The number of carbonyl (C=O) groups excluding carboxylic acids is 1. The van der Waals surface area contributed by atoms with Crippen LogP contribution in [0.2, 0.25) is 5.02 Å². The summed E-state index contributed by atoms with van der Waals surface area (Å²) in [6, 6.07) is 8.68. The second-order valence-corrected chi connectivity index (χ2v) is 5.07. The van der Waals surface area contributed by atoms with Crippen LogP contribution < -0.4 is 4.74 Å². The van der Waals surface area contributed by atoms with E-state index in [4.69, 9.17) is 16.3 Å². The van der Waals surface area contributed by atoms with Crippen LogP contribution in [0.25, 0.3) is 0 Å². The third kappa shape index (κ3) is 3.15. The third-order valence-electron chi connectivity index (χ3n) is 2.43. The van der Waals surface area contributed by atoms with Gasteiger partial charge in [-0.2, -0.15) is 0 Å². The summed E-state index contributed by atoms with van der Waals surface area (Å²) in [5.41, 5.74) is 0.269. The quantitative estimate of drug-likeness (QED) is 0.455. The van der Waals surface area contributed by atoms with Crippen molar-refractivity contribution >= 4 is 39.5 Å². The average molecular weight is 357 g/mol. The number of aldehydes is 1. The fraction of sp³-hybridized carbons (Fsp3) is 0. The van der Waals surface area contributed by atoms with Crippen LogP contribution in [0.3, 0.4) is 0 Å². The zero-order valence-electron chi connectivity index (χ0n) is 9.88. The molecule has 0 bridgehead atoms. The number of ether oxygens (including phenoxy) is 1. The number of nitro benzene ring substituents is 1. The Labute approximate surface area is 127 Å². The van der Waals surface area contributed by atoms with E-state index in [9.17, 15) is 14.9 Å². The number of nitro groups is 1. The highest BCUT2D eigenvalue weighted by Gasteiger charge is 2.17. The molecule has 20 heavy (non-hydrogen) atoms. The van der Waals surface area contributed by atoms with E-state index in [-0.39, 0.29) is 11.4 Å². The first-order valence-corrected chi connectivity index (χ1v) is 6.55. The molecule has 0 aliphatic rings. The molecule has 0 spiro atoms. The van der Waals surface area contributed by atoms with E-state index in [1.807, 2.05) is 0 Å². The lowest BCUT2D eigenvalue weighted by Crippen LogP contribution is -1.94. The monoisotopic (exact) mass is 355 g/mol. The minimum absolute atomic E-state index is 0.0297. The summed E-state index contributed by atoms with van der Waals surface area (Å²) < 4.78 is 6.00. The van der Waals surface area contributed by atoms with Gasteiger partial charge in [0.15, 0.2) is 0 Å². The Morgan fingerprint density at radius 1 is 1.20 bits per heavy atom. The topological polar surface area (TPSA) is 69.4 Å². The molecule has 0 fully saturated rings. The fourth-order valence-corrected chi connectivity index (χ4v) is 2.15. The van der Waals surface area contributed by atoms with Crippen LogP contribution >= 0.6 is 27.5 Å². The molecule has 2 aromatic carbocycles. The van der Waals surface area contributed by atoms with Crippen molar-refractivity contribution in [2.75, 3.05) is 0 Å². The molecule has 0 saturated heterocycles. The van der Waals surface area contributed by atoms with Gasteiger partial charge >= 0.3 is 5.69 Å². The van der Waals surface area contributed by atoms with Gasteiger partial charge in [-0.1, -0.05) is 11.6 Å². The van der Waals surface area contributed by atoms with E-state index >= 15 is 0 Å². The number of hydrogen-bond acceptors (Lipinski definition) is 4. The van der Waals surface area contributed by atoms with E-state index in [0.717, 1.165) is 0 Å². The Balaban J connectivity index is 2.41. The summed E-state index contributed by atoms with van der Waals surface area (Å²) in [6.45, 7) is 0. The molecule has 2 rings (SSSR count). The highest BCUT2D eigenvalue weighted by Crippen LogP contribution is 2.36. The number of benzene rings is 2. The third-order valence-corrected chi connectivity index (χ3v) is 3.29. The first-order valence-electron chi connectivity index (χ1n) is 5.38. The van der Waals surface area contributed by atoms with Gasteiger partial charge in [-0.25, -0.2) is 0 Å². The molecule has 0 aromatic heterocycles. The molecule has 0 aliphatic heterocycles. The van der Waals surface area contributed by atoms with Crippen molar-refractivity contribution in [3.05, 3.63) is 61.6 Å². The minimum Gasteiger partial charge on any atom is -0.449 e. The van der Waals surface area contributed by atoms with E-state index in [0.29, 0.717) is 27.1 Å². The van der Waals surface area contributed by atoms with Gasteiger partial charge in [-0.3, -0.25) is 14.9 Å². The second kappa shape index (κ2) is 6.02. The lowest BCUT2D eigenvalue weighted by molar-refractivity contribution is -0.385. The number of rotatable bonds is 4. The molecule has 0 aliphatic carbocycles. The van der Waals surface area contributed by atoms with Crippen molar-refractivity contribution in [2.24, 2.45) is 0 Å². The van der Waals surface area contributed by atoms with Crippen LogP contribution in [-0.2, 0) is 0 Å². The van der Waals surface area contributed by atoms with Gasteiger partial charge in [0.1, 0.15) is 12.0 Å². The zero-order chi connectivity index (χ0) is 14.7. The molecule has 0 N–H and O–H groups in total. The zero-order valence-corrected chi connectivity index (χ0v) is 12.2. The molecule has 0 heterocycles. The van der Waals surface area contributed by atoms with Crippen molar-refractivity contribution in [1.82, 2.24) is 0 Å². The summed E-state index contributed by atoms with van der Waals surface area (Å²) in [5, 5.41) is 11.3. The molecule has 0 amide bonds. The molecule has 0 radical (unpaired) electrons. The highest BCUT2D eigenvalue weighted by molar-refractivity contribution is 9.10. The number of carbonyl (C=O) groups is 1. The largest absolute Gasteiger partial charge is 0.449 e. The van der Waals surface area contributed by atoms with Gasteiger partial charge in [0.05, 0.1) is 9.40 Å². The fourth-order valence-electron chi connectivity index (χ4n) is 1.51. The lowest BCUT2D eigenvalue weighted by Gasteiger charge is -2.08. The van der Waals surface area contributed by atoms with Crippen LogP contribution in [0.5, 0.6) is 11.5 Å². The predicted octanol–water partition coefficient (Wildman–Crippen LogP) is 4.62. The summed E-state index contributed by atoms with van der Waals surface area (Å²) >= 11 is 9.05. The normalized spacial score (nSPS) is 10.1. The van der Waals surface area contributed by atoms with Crippen LogP contribution in [0, 0.1) is 10.1 Å². The van der Waals surface area contributed by atoms with Gasteiger partial charge in [-0.05, 0) is 40.2 Å². The maximum atomic E-state index is 10.9. The Morgan fingerprint density at radius 3 is 2.55 bits per heavy atom. The first-order chi connectivity index (χ1) is 9.51. The number of nitrogens with zero attached hydrogens (tertiary/aromatic N) is 1. The van der Waals surface area contributed by atoms with Crippen LogP contribution in [0.4, 0.5) is 5.69 Å². The predicted molar refractivity (Wildman–Crippen MR) is 77.7 cm³/mol. The van der Waals surface area contributed by atoms with E-state index in [1.165, 1.54) is 18.2 Å². The number of hydrogen-bond donors (Lipinski definition) is 0. The Bertz CT molecular complexity index is 690. The van der Waals surface area contributed by atoms with Gasteiger partial charge < -0.3 is 4.74 Å². The molecule has 102 valence electrons. The Hall–Kier alpha value is -1.92. The average Bonchev–Trinajstić information content (AvgIpc) is 2.40. The van der Waals surface area contributed by atoms with Gasteiger partial charge in [0.25, 0.3) is 0 Å². The molecule has 5 nitrogen and oxygen atoms in total.